The van der Waals surface area contributed by atoms with E-state index in [-0.39, 0.29) is 11.8 Å². The molecule has 0 aliphatic rings. The minimum atomic E-state index is -1.06. The van der Waals surface area contributed by atoms with Crippen molar-refractivity contribution in [2.24, 2.45) is 0 Å². The molecule has 27 heavy (non-hydrogen) atoms. The fourth-order valence-corrected chi connectivity index (χ4v) is 2.27. The van der Waals surface area contributed by atoms with Crippen LogP contribution in [0.3, 0.4) is 0 Å². The molecule has 2 aromatic rings. The second kappa shape index (κ2) is 8.84. The zero-order chi connectivity index (χ0) is 20.0. The van der Waals surface area contributed by atoms with Crippen LogP contribution in [0.1, 0.15) is 38.4 Å². The number of hydrogen-bond acceptors (Lipinski definition) is 6. The van der Waals surface area contributed by atoms with Gasteiger partial charge in [-0.1, -0.05) is 19.1 Å². The standard InChI is InChI=1S/C18H21N3O6/c1-4-11(3)27-14-9-7-12(10-15(14)26-5-2)6-8-13-16(21(24)25)17(22)20-18(23)19-13/h6-11H,4-5H2,1-3H3,(H2,19,20,22,23)/t11-/m0/s1. The van der Waals surface area contributed by atoms with Crippen LogP contribution in [0.15, 0.2) is 27.8 Å². The van der Waals surface area contributed by atoms with E-state index in [4.69, 9.17) is 9.47 Å². The van der Waals surface area contributed by atoms with E-state index in [1.165, 1.54) is 12.2 Å². The molecule has 0 radical (unpaired) electrons. The normalized spacial score (nSPS) is 12.1. The van der Waals surface area contributed by atoms with E-state index in [2.05, 4.69) is 4.98 Å². The molecule has 1 atom stereocenters. The van der Waals surface area contributed by atoms with Crippen LogP contribution in [0.5, 0.6) is 11.5 Å². The number of aromatic nitrogens is 2. The van der Waals surface area contributed by atoms with E-state index < -0.39 is 21.9 Å². The highest BCUT2D eigenvalue weighted by atomic mass is 16.6. The summed E-state index contributed by atoms with van der Waals surface area (Å²) in [4.78, 5) is 37.4. The smallest absolute Gasteiger partial charge is 0.357 e. The molecule has 0 spiro atoms. The van der Waals surface area contributed by atoms with Crippen LogP contribution >= 0.6 is 0 Å². The zero-order valence-corrected chi connectivity index (χ0v) is 15.3. The summed E-state index contributed by atoms with van der Waals surface area (Å²) in [5.74, 6) is 1.13. The maximum absolute atomic E-state index is 11.6. The van der Waals surface area contributed by atoms with Gasteiger partial charge in [-0.2, -0.15) is 0 Å². The molecule has 2 rings (SSSR count). The van der Waals surface area contributed by atoms with Crippen LogP contribution in [-0.2, 0) is 0 Å². The van der Waals surface area contributed by atoms with Gasteiger partial charge in [0.2, 0.25) is 0 Å². The number of ether oxygens (including phenoxy) is 2. The molecule has 9 nitrogen and oxygen atoms in total. The Morgan fingerprint density at radius 3 is 2.56 bits per heavy atom. The molecular formula is C18H21N3O6. The van der Waals surface area contributed by atoms with Crippen LogP contribution in [0.25, 0.3) is 12.2 Å². The average Bonchev–Trinajstić information content (AvgIpc) is 2.60. The van der Waals surface area contributed by atoms with E-state index in [1.54, 1.807) is 18.2 Å². The van der Waals surface area contributed by atoms with Crippen molar-refractivity contribution in [1.82, 2.24) is 9.97 Å². The predicted molar refractivity (Wildman–Crippen MR) is 101 cm³/mol. The highest BCUT2D eigenvalue weighted by molar-refractivity contribution is 5.72. The highest BCUT2D eigenvalue weighted by Crippen LogP contribution is 2.30. The van der Waals surface area contributed by atoms with Gasteiger partial charge in [0, 0.05) is 0 Å². The molecule has 0 amide bonds. The number of aromatic amines is 2. The fraction of sp³-hybridized carbons (Fsp3) is 0.333. The van der Waals surface area contributed by atoms with Gasteiger partial charge in [0.05, 0.1) is 17.6 Å². The van der Waals surface area contributed by atoms with Crippen LogP contribution in [-0.4, -0.2) is 27.6 Å². The lowest BCUT2D eigenvalue weighted by molar-refractivity contribution is -0.386. The van der Waals surface area contributed by atoms with Crippen molar-refractivity contribution in [3.63, 3.8) is 0 Å². The van der Waals surface area contributed by atoms with Gasteiger partial charge in [-0.05, 0) is 44.0 Å². The molecule has 2 N–H and O–H groups in total. The van der Waals surface area contributed by atoms with Crippen molar-refractivity contribution >= 4 is 17.8 Å². The molecule has 0 aliphatic heterocycles. The molecule has 9 heteroatoms. The molecule has 0 unspecified atom stereocenters. The zero-order valence-electron chi connectivity index (χ0n) is 15.3. The molecule has 0 aliphatic carbocycles. The number of benzene rings is 1. The van der Waals surface area contributed by atoms with Crippen molar-refractivity contribution in [3.8, 4) is 11.5 Å². The van der Waals surface area contributed by atoms with E-state index in [1.807, 2.05) is 25.8 Å². The largest absolute Gasteiger partial charge is 0.490 e. The van der Waals surface area contributed by atoms with Crippen LogP contribution in [0, 0.1) is 10.1 Å². The molecule has 144 valence electrons. The predicted octanol–water partition coefficient (Wildman–Crippen LogP) is 2.72. The highest BCUT2D eigenvalue weighted by Gasteiger charge is 2.18. The van der Waals surface area contributed by atoms with Crippen molar-refractivity contribution in [1.29, 1.82) is 0 Å². The van der Waals surface area contributed by atoms with Crippen molar-refractivity contribution < 1.29 is 14.4 Å². The van der Waals surface area contributed by atoms with Gasteiger partial charge in [0.15, 0.2) is 11.5 Å². The number of H-pyrrole nitrogens is 2. The Bertz CT molecular complexity index is 960. The number of rotatable bonds is 8. The van der Waals surface area contributed by atoms with E-state index in [9.17, 15) is 19.7 Å². The van der Waals surface area contributed by atoms with E-state index in [0.717, 1.165) is 6.42 Å². The summed E-state index contributed by atoms with van der Waals surface area (Å²) >= 11 is 0. The van der Waals surface area contributed by atoms with Crippen LogP contribution in [0.2, 0.25) is 0 Å². The summed E-state index contributed by atoms with van der Waals surface area (Å²) in [6, 6.07) is 5.20. The van der Waals surface area contributed by atoms with Crippen LogP contribution in [0.4, 0.5) is 5.69 Å². The molecule has 0 saturated heterocycles. The second-order valence-corrected chi connectivity index (χ2v) is 5.74. The van der Waals surface area contributed by atoms with Crippen LogP contribution < -0.4 is 20.7 Å². The van der Waals surface area contributed by atoms with Gasteiger partial charge < -0.3 is 14.5 Å². The van der Waals surface area contributed by atoms with Crippen molar-refractivity contribution in [2.45, 2.75) is 33.3 Å². The molecular weight excluding hydrogens is 354 g/mol. The lowest BCUT2D eigenvalue weighted by Gasteiger charge is -2.16. The Labute approximate surface area is 154 Å². The fourth-order valence-electron chi connectivity index (χ4n) is 2.27. The van der Waals surface area contributed by atoms with Gasteiger partial charge in [0.1, 0.15) is 5.69 Å². The second-order valence-electron chi connectivity index (χ2n) is 5.74. The monoisotopic (exact) mass is 375 g/mol. The first-order valence-electron chi connectivity index (χ1n) is 8.48. The minimum absolute atomic E-state index is 0.0226. The number of hydrogen-bond donors (Lipinski definition) is 2. The van der Waals surface area contributed by atoms with Crippen molar-refractivity contribution in [3.05, 3.63) is 60.4 Å². The Morgan fingerprint density at radius 2 is 1.93 bits per heavy atom. The third kappa shape index (κ3) is 5.06. The Hall–Kier alpha value is -3.36. The first-order valence-corrected chi connectivity index (χ1v) is 8.48. The summed E-state index contributed by atoms with van der Waals surface area (Å²) in [6.45, 7) is 6.25. The lowest BCUT2D eigenvalue weighted by atomic mass is 10.1. The molecule has 0 bridgehead atoms. The van der Waals surface area contributed by atoms with Gasteiger partial charge in [-0.25, -0.2) is 4.79 Å². The van der Waals surface area contributed by atoms with Gasteiger partial charge in [0.25, 0.3) is 0 Å². The SMILES string of the molecule is CCOc1cc(C=Cc2[nH]c(=O)[nH]c(=O)c2[N+](=O)[O-])ccc1O[C@@H](C)CC. The number of nitro groups is 1. The summed E-state index contributed by atoms with van der Waals surface area (Å²) in [5.41, 5.74) is -2.14. The summed E-state index contributed by atoms with van der Waals surface area (Å²) < 4.78 is 11.4. The number of nitrogens with one attached hydrogen (secondary N) is 2. The maximum atomic E-state index is 11.6. The van der Waals surface area contributed by atoms with Gasteiger partial charge in [-0.3, -0.25) is 19.9 Å². The molecule has 0 fully saturated rings. The van der Waals surface area contributed by atoms with E-state index in [0.29, 0.717) is 23.7 Å². The van der Waals surface area contributed by atoms with Gasteiger partial charge >= 0.3 is 16.9 Å². The Kier molecular flexibility index (Phi) is 6.53. The summed E-state index contributed by atoms with van der Waals surface area (Å²) in [6.07, 6.45) is 3.70. The quantitative estimate of drug-likeness (QED) is 0.539. The molecule has 1 aromatic carbocycles. The number of nitrogens with zero attached hydrogens (tertiary/aromatic N) is 1. The molecule has 1 heterocycles. The van der Waals surface area contributed by atoms with Crippen molar-refractivity contribution in [2.75, 3.05) is 6.61 Å². The third-order valence-corrected chi connectivity index (χ3v) is 3.74. The topological polar surface area (TPSA) is 127 Å². The molecule has 1 aromatic heterocycles. The molecule has 0 saturated carbocycles. The first kappa shape index (κ1) is 20.0. The maximum Gasteiger partial charge on any atom is 0.357 e. The Balaban J connectivity index is 2.40. The van der Waals surface area contributed by atoms with Gasteiger partial charge in [-0.15, -0.1) is 0 Å². The summed E-state index contributed by atoms with van der Waals surface area (Å²) in [5, 5.41) is 11.1. The lowest BCUT2D eigenvalue weighted by Crippen LogP contribution is -2.25. The van der Waals surface area contributed by atoms with E-state index >= 15 is 0 Å². The third-order valence-electron chi connectivity index (χ3n) is 3.74. The minimum Gasteiger partial charge on any atom is -0.490 e. The average molecular weight is 375 g/mol. The Morgan fingerprint density at radius 1 is 1.19 bits per heavy atom. The summed E-state index contributed by atoms with van der Waals surface area (Å²) in [7, 11) is 0. The first-order chi connectivity index (χ1) is 12.8.